The van der Waals surface area contributed by atoms with E-state index >= 15 is 0 Å². The lowest BCUT2D eigenvalue weighted by molar-refractivity contribution is -0.137. The first-order valence-electron chi connectivity index (χ1n) is 6.80. The second-order valence-corrected chi connectivity index (χ2v) is 4.71. The molecule has 4 nitrogen and oxygen atoms in total. The fourth-order valence-electron chi connectivity index (χ4n) is 1.84. The van der Waals surface area contributed by atoms with Crippen molar-refractivity contribution in [3.63, 3.8) is 0 Å². The average Bonchev–Trinajstić information content (AvgIpc) is 2.42. The first-order chi connectivity index (χ1) is 9.11. The van der Waals surface area contributed by atoms with Crippen molar-refractivity contribution in [3.8, 4) is 0 Å². The molecule has 0 aliphatic carbocycles. The Hall–Kier alpha value is -1.39. The van der Waals surface area contributed by atoms with Gasteiger partial charge in [0.15, 0.2) is 0 Å². The van der Waals surface area contributed by atoms with Crippen LogP contribution < -0.4 is 5.32 Å². The first kappa shape index (κ1) is 15.7. The number of aliphatic hydroxyl groups excluding tert-OH is 1. The van der Waals surface area contributed by atoms with Gasteiger partial charge in [-0.2, -0.15) is 0 Å². The van der Waals surface area contributed by atoms with Crippen LogP contribution in [0.15, 0.2) is 24.3 Å². The summed E-state index contributed by atoms with van der Waals surface area (Å²) < 4.78 is 0. The molecule has 1 unspecified atom stereocenters. The Bertz CT molecular complexity index is 375. The highest BCUT2D eigenvalue weighted by molar-refractivity contribution is 5.66. The predicted molar refractivity (Wildman–Crippen MR) is 75.3 cm³/mol. The maximum atomic E-state index is 10.3. The van der Waals surface area contributed by atoms with Gasteiger partial charge in [0.05, 0.1) is 6.10 Å². The number of carboxylic acids is 1. The van der Waals surface area contributed by atoms with Gasteiger partial charge in [-0.1, -0.05) is 31.2 Å². The quantitative estimate of drug-likeness (QED) is 0.593. The highest BCUT2D eigenvalue weighted by atomic mass is 16.4. The van der Waals surface area contributed by atoms with Crippen molar-refractivity contribution in [1.29, 1.82) is 0 Å². The highest BCUT2D eigenvalue weighted by Crippen LogP contribution is 2.05. The maximum absolute atomic E-state index is 10.3. The molecule has 0 saturated heterocycles. The van der Waals surface area contributed by atoms with E-state index in [1.165, 1.54) is 11.1 Å². The second kappa shape index (κ2) is 8.67. The Morgan fingerprint density at radius 2 is 1.89 bits per heavy atom. The molecule has 1 rings (SSSR count). The van der Waals surface area contributed by atoms with E-state index in [1.54, 1.807) is 0 Å². The van der Waals surface area contributed by atoms with Gasteiger partial charge >= 0.3 is 5.97 Å². The summed E-state index contributed by atoms with van der Waals surface area (Å²) in [6, 6.07) is 8.52. The van der Waals surface area contributed by atoms with Crippen LogP contribution in [0.1, 0.15) is 30.9 Å². The summed E-state index contributed by atoms with van der Waals surface area (Å²) in [6.45, 7) is 3.37. The predicted octanol–water partition coefficient (Wildman–Crippen LogP) is 1.61. The van der Waals surface area contributed by atoms with E-state index in [0.717, 1.165) is 19.4 Å². The monoisotopic (exact) mass is 265 g/mol. The van der Waals surface area contributed by atoms with Crippen LogP contribution in [0.5, 0.6) is 0 Å². The van der Waals surface area contributed by atoms with Crippen molar-refractivity contribution >= 4 is 5.97 Å². The van der Waals surface area contributed by atoms with E-state index in [1.807, 2.05) is 0 Å². The molecule has 0 amide bonds. The third kappa shape index (κ3) is 6.94. The number of carboxylic acid groups (broad SMARTS) is 1. The number of hydrogen-bond acceptors (Lipinski definition) is 3. The molecule has 0 radical (unpaired) electrons. The van der Waals surface area contributed by atoms with Gasteiger partial charge in [0.2, 0.25) is 0 Å². The van der Waals surface area contributed by atoms with Crippen molar-refractivity contribution in [2.24, 2.45) is 0 Å². The van der Waals surface area contributed by atoms with Crippen molar-refractivity contribution in [2.75, 3.05) is 13.1 Å². The van der Waals surface area contributed by atoms with E-state index in [2.05, 4.69) is 36.5 Å². The molecule has 106 valence electrons. The molecule has 1 aromatic carbocycles. The summed E-state index contributed by atoms with van der Waals surface area (Å²) in [5, 5.41) is 21.2. The molecule has 3 N–H and O–H groups in total. The fraction of sp³-hybridized carbons (Fsp3) is 0.533. The van der Waals surface area contributed by atoms with Gasteiger partial charge in [0.25, 0.3) is 0 Å². The Morgan fingerprint density at radius 3 is 2.47 bits per heavy atom. The van der Waals surface area contributed by atoms with Gasteiger partial charge in [0.1, 0.15) is 0 Å². The lowest BCUT2D eigenvalue weighted by Gasteiger charge is -2.10. The van der Waals surface area contributed by atoms with Gasteiger partial charge in [-0.05, 0) is 36.9 Å². The van der Waals surface area contributed by atoms with Gasteiger partial charge in [-0.15, -0.1) is 0 Å². The third-order valence-electron chi connectivity index (χ3n) is 3.09. The molecule has 0 aromatic heterocycles. The van der Waals surface area contributed by atoms with E-state index in [4.69, 9.17) is 5.11 Å². The number of carbonyl (C=O) groups is 1. The second-order valence-electron chi connectivity index (χ2n) is 4.71. The molecule has 0 aliphatic heterocycles. The molecule has 19 heavy (non-hydrogen) atoms. The summed E-state index contributed by atoms with van der Waals surface area (Å²) in [4.78, 5) is 10.3. The lowest BCUT2D eigenvalue weighted by atomic mass is 10.1. The first-order valence-corrected chi connectivity index (χ1v) is 6.80. The zero-order chi connectivity index (χ0) is 14.1. The van der Waals surface area contributed by atoms with Crippen molar-refractivity contribution in [1.82, 2.24) is 5.32 Å². The van der Waals surface area contributed by atoms with E-state index < -0.39 is 12.1 Å². The molecular formula is C15H23NO3. The third-order valence-corrected chi connectivity index (χ3v) is 3.09. The molecule has 0 bridgehead atoms. The molecular weight excluding hydrogens is 242 g/mol. The summed E-state index contributed by atoms with van der Waals surface area (Å²) in [5.41, 5.74) is 2.60. The molecule has 0 spiro atoms. The summed E-state index contributed by atoms with van der Waals surface area (Å²) in [6.07, 6.45) is 1.69. The van der Waals surface area contributed by atoms with E-state index in [-0.39, 0.29) is 6.42 Å². The molecule has 0 fully saturated rings. The Kier molecular flexibility index (Phi) is 7.15. The van der Waals surface area contributed by atoms with Crippen molar-refractivity contribution in [3.05, 3.63) is 35.4 Å². The zero-order valence-corrected chi connectivity index (χ0v) is 11.4. The summed E-state index contributed by atoms with van der Waals surface area (Å²) in [7, 11) is 0. The van der Waals surface area contributed by atoms with Gasteiger partial charge in [-0.3, -0.25) is 4.79 Å². The minimum Gasteiger partial charge on any atom is -0.481 e. The van der Waals surface area contributed by atoms with Crippen LogP contribution in [0.25, 0.3) is 0 Å². The van der Waals surface area contributed by atoms with Gasteiger partial charge in [-0.25, -0.2) is 0 Å². The largest absolute Gasteiger partial charge is 0.481 e. The highest BCUT2D eigenvalue weighted by Gasteiger charge is 2.06. The van der Waals surface area contributed by atoms with Crippen molar-refractivity contribution in [2.45, 2.75) is 38.7 Å². The zero-order valence-electron chi connectivity index (χ0n) is 11.4. The molecule has 1 atom stereocenters. The van der Waals surface area contributed by atoms with Crippen LogP contribution in [0.4, 0.5) is 0 Å². The minimum atomic E-state index is -0.866. The number of aliphatic hydroxyl groups is 1. The van der Waals surface area contributed by atoms with Crippen molar-refractivity contribution < 1.29 is 15.0 Å². The smallest absolute Gasteiger partial charge is 0.303 e. The van der Waals surface area contributed by atoms with Crippen LogP contribution in [0.2, 0.25) is 0 Å². The average molecular weight is 265 g/mol. The van der Waals surface area contributed by atoms with E-state index in [9.17, 15) is 9.90 Å². The van der Waals surface area contributed by atoms with Crippen LogP contribution in [0, 0.1) is 0 Å². The van der Waals surface area contributed by atoms with E-state index in [0.29, 0.717) is 13.0 Å². The molecule has 0 saturated carbocycles. The summed E-state index contributed by atoms with van der Waals surface area (Å²) >= 11 is 0. The Balaban J connectivity index is 2.14. The molecule has 0 aliphatic rings. The maximum Gasteiger partial charge on any atom is 0.303 e. The normalized spacial score (nSPS) is 12.3. The number of hydrogen-bond donors (Lipinski definition) is 3. The minimum absolute atomic E-state index is 0.0152. The SMILES string of the molecule is CCc1ccc(CCNCC(O)CCC(=O)O)cc1. The van der Waals surface area contributed by atoms with Gasteiger partial charge in [0, 0.05) is 13.0 Å². The van der Waals surface area contributed by atoms with Crippen LogP contribution in [-0.4, -0.2) is 35.4 Å². The van der Waals surface area contributed by atoms with Gasteiger partial charge < -0.3 is 15.5 Å². The number of nitrogens with one attached hydrogen (secondary N) is 1. The van der Waals surface area contributed by atoms with Crippen LogP contribution in [-0.2, 0) is 17.6 Å². The lowest BCUT2D eigenvalue weighted by Crippen LogP contribution is -2.28. The number of aliphatic carboxylic acids is 1. The standard InChI is InChI=1S/C15H23NO3/c1-2-12-3-5-13(6-4-12)9-10-16-11-14(17)7-8-15(18)19/h3-6,14,16-17H,2,7-11H2,1H3,(H,18,19). The Morgan fingerprint density at radius 1 is 1.26 bits per heavy atom. The van der Waals surface area contributed by atoms with Crippen LogP contribution >= 0.6 is 0 Å². The fourth-order valence-corrected chi connectivity index (χ4v) is 1.84. The number of aryl methyl sites for hydroxylation is 1. The van der Waals surface area contributed by atoms with Crippen LogP contribution in [0.3, 0.4) is 0 Å². The number of rotatable bonds is 9. The molecule has 0 heterocycles. The summed E-state index contributed by atoms with van der Waals surface area (Å²) in [5.74, 6) is -0.866. The molecule has 4 heteroatoms. The number of benzene rings is 1. The topological polar surface area (TPSA) is 69.6 Å². The molecule has 1 aromatic rings. The Labute approximate surface area is 114 Å².